The summed E-state index contributed by atoms with van der Waals surface area (Å²) in [6.45, 7) is 2.85. The standard InChI is InChI=1S/C22H21N3O/c1-2-16-7-3-5-9-20(16)24-19-13-18(14-23-15-19)22(26)25-12-11-17-8-4-6-10-21(17)25/h3-10,13-15,24H,2,11-12H2,1H3. The van der Waals surface area contributed by atoms with Gasteiger partial charge in [0.1, 0.15) is 0 Å². The molecule has 130 valence electrons. The van der Waals surface area contributed by atoms with Crippen LogP contribution in [0.3, 0.4) is 0 Å². The topological polar surface area (TPSA) is 45.2 Å². The lowest BCUT2D eigenvalue weighted by Crippen LogP contribution is -2.29. The van der Waals surface area contributed by atoms with E-state index < -0.39 is 0 Å². The van der Waals surface area contributed by atoms with Crippen LogP contribution in [-0.2, 0) is 12.8 Å². The Morgan fingerprint density at radius 1 is 1.12 bits per heavy atom. The molecule has 0 saturated heterocycles. The molecule has 1 amide bonds. The van der Waals surface area contributed by atoms with E-state index in [4.69, 9.17) is 0 Å². The lowest BCUT2D eigenvalue weighted by atomic mass is 10.1. The summed E-state index contributed by atoms with van der Waals surface area (Å²) in [4.78, 5) is 19.1. The number of carbonyl (C=O) groups is 1. The maximum atomic E-state index is 13.0. The molecule has 3 aromatic rings. The second kappa shape index (κ2) is 7.00. The molecule has 0 aliphatic carbocycles. The number of nitrogens with zero attached hydrogens (tertiary/aromatic N) is 2. The Morgan fingerprint density at radius 3 is 2.81 bits per heavy atom. The zero-order chi connectivity index (χ0) is 17.9. The van der Waals surface area contributed by atoms with Gasteiger partial charge in [-0.1, -0.05) is 43.3 Å². The molecule has 0 radical (unpaired) electrons. The van der Waals surface area contributed by atoms with Crippen molar-refractivity contribution in [3.63, 3.8) is 0 Å². The van der Waals surface area contributed by atoms with E-state index >= 15 is 0 Å². The van der Waals surface area contributed by atoms with E-state index in [1.54, 1.807) is 12.4 Å². The third kappa shape index (κ3) is 3.06. The third-order valence-corrected chi connectivity index (χ3v) is 4.79. The first kappa shape index (κ1) is 16.3. The van der Waals surface area contributed by atoms with Crippen molar-refractivity contribution in [1.29, 1.82) is 0 Å². The third-order valence-electron chi connectivity index (χ3n) is 4.79. The molecular weight excluding hydrogens is 322 g/mol. The minimum absolute atomic E-state index is 0.00474. The number of para-hydroxylation sites is 2. The highest BCUT2D eigenvalue weighted by atomic mass is 16.2. The predicted octanol–water partition coefficient (Wildman–Crippen LogP) is 4.59. The summed E-state index contributed by atoms with van der Waals surface area (Å²) in [7, 11) is 0. The second-order valence-electron chi connectivity index (χ2n) is 6.43. The van der Waals surface area contributed by atoms with Gasteiger partial charge < -0.3 is 10.2 Å². The summed E-state index contributed by atoms with van der Waals surface area (Å²) in [5, 5.41) is 3.40. The van der Waals surface area contributed by atoms with E-state index in [-0.39, 0.29) is 5.91 Å². The lowest BCUT2D eigenvalue weighted by molar-refractivity contribution is 0.0989. The van der Waals surface area contributed by atoms with Crippen LogP contribution in [0.15, 0.2) is 67.0 Å². The number of aromatic nitrogens is 1. The number of nitrogens with one attached hydrogen (secondary N) is 1. The Bertz CT molecular complexity index is 951. The Labute approximate surface area is 153 Å². The smallest absolute Gasteiger partial charge is 0.259 e. The van der Waals surface area contributed by atoms with Crippen LogP contribution in [0.5, 0.6) is 0 Å². The number of aryl methyl sites for hydroxylation is 1. The van der Waals surface area contributed by atoms with Gasteiger partial charge in [0, 0.05) is 24.1 Å². The molecule has 0 bridgehead atoms. The molecule has 1 aromatic heterocycles. The fraction of sp³-hybridized carbons (Fsp3) is 0.182. The molecule has 2 aromatic carbocycles. The number of pyridine rings is 1. The molecule has 1 N–H and O–H groups in total. The van der Waals surface area contributed by atoms with E-state index in [1.807, 2.05) is 47.4 Å². The zero-order valence-corrected chi connectivity index (χ0v) is 14.8. The van der Waals surface area contributed by atoms with Crippen molar-refractivity contribution < 1.29 is 4.79 Å². The lowest BCUT2D eigenvalue weighted by Gasteiger charge is -2.18. The van der Waals surface area contributed by atoms with Crippen molar-refractivity contribution in [3.8, 4) is 0 Å². The number of benzene rings is 2. The summed E-state index contributed by atoms with van der Waals surface area (Å²) in [6.07, 6.45) is 5.23. The maximum Gasteiger partial charge on any atom is 0.259 e. The summed E-state index contributed by atoms with van der Waals surface area (Å²) < 4.78 is 0. The van der Waals surface area contributed by atoms with Crippen LogP contribution in [-0.4, -0.2) is 17.4 Å². The molecule has 0 saturated carbocycles. The second-order valence-corrected chi connectivity index (χ2v) is 6.43. The molecule has 4 rings (SSSR count). The predicted molar refractivity (Wildman–Crippen MR) is 105 cm³/mol. The highest BCUT2D eigenvalue weighted by molar-refractivity contribution is 6.07. The monoisotopic (exact) mass is 343 g/mol. The molecule has 4 heteroatoms. The van der Waals surface area contributed by atoms with E-state index in [0.717, 1.165) is 29.9 Å². The maximum absolute atomic E-state index is 13.0. The summed E-state index contributed by atoms with van der Waals surface area (Å²) in [5.74, 6) is -0.00474. The number of hydrogen-bond donors (Lipinski definition) is 1. The first-order chi connectivity index (χ1) is 12.8. The molecule has 26 heavy (non-hydrogen) atoms. The van der Waals surface area contributed by atoms with Crippen molar-refractivity contribution in [3.05, 3.63) is 83.7 Å². The van der Waals surface area contributed by atoms with E-state index in [9.17, 15) is 4.79 Å². The summed E-state index contributed by atoms with van der Waals surface area (Å²) in [5.41, 5.74) is 5.93. The van der Waals surface area contributed by atoms with Crippen LogP contribution in [0.2, 0.25) is 0 Å². The van der Waals surface area contributed by atoms with Crippen LogP contribution >= 0.6 is 0 Å². The van der Waals surface area contributed by atoms with Gasteiger partial charge in [0.2, 0.25) is 0 Å². The first-order valence-electron chi connectivity index (χ1n) is 8.96. The minimum atomic E-state index is -0.00474. The zero-order valence-electron chi connectivity index (χ0n) is 14.8. The fourth-order valence-electron chi connectivity index (χ4n) is 3.44. The van der Waals surface area contributed by atoms with Gasteiger partial charge >= 0.3 is 0 Å². The molecule has 1 aliphatic rings. The largest absolute Gasteiger partial charge is 0.354 e. The van der Waals surface area contributed by atoms with Gasteiger partial charge in [0.05, 0.1) is 17.4 Å². The minimum Gasteiger partial charge on any atom is -0.354 e. The SMILES string of the molecule is CCc1ccccc1Nc1cncc(C(=O)N2CCc3ccccc32)c1. The molecule has 4 nitrogen and oxygen atoms in total. The molecule has 0 atom stereocenters. The number of hydrogen-bond acceptors (Lipinski definition) is 3. The normalized spacial score (nSPS) is 12.7. The molecule has 2 heterocycles. The number of amides is 1. The Morgan fingerprint density at radius 2 is 1.92 bits per heavy atom. The van der Waals surface area contributed by atoms with E-state index in [0.29, 0.717) is 12.1 Å². The molecule has 0 spiro atoms. The fourth-order valence-corrected chi connectivity index (χ4v) is 3.44. The summed E-state index contributed by atoms with van der Waals surface area (Å²) >= 11 is 0. The number of fused-ring (bicyclic) bond motifs is 1. The number of rotatable bonds is 4. The van der Waals surface area contributed by atoms with Crippen molar-refractivity contribution in [2.45, 2.75) is 19.8 Å². The van der Waals surface area contributed by atoms with Crippen LogP contribution in [0.25, 0.3) is 0 Å². The molecular formula is C22H21N3O. The van der Waals surface area contributed by atoms with Crippen LogP contribution < -0.4 is 10.2 Å². The van der Waals surface area contributed by atoms with Gasteiger partial charge in [-0.2, -0.15) is 0 Å². The van der Waals surface area contributed by atoms with Crippen molar-refractivity contribution >= 4 is 23.0 Å². The number of anilines is 3. The van der Waals surface area contributed by atoms with Gasteiger partial charge in [0.25, 0.3) is 5.91 Å². The summed E-state index contributed by atoms with van der Waals surface area (Å²) in [6, 6.07) is 18.1. The van der Waals surface area contributed by atoms with Gasteiger partial charge in [-0.3, -0.25) is 9.78 Å². The van der Waals surface area contributed by atoms with E-state index in [1.165, 1.54) is 11.1 Å². The van der Waals surface area contributed by atoms with Crippen LogP contribution in [0.1, 0.15) is 28.4 Å². The average Bonchev–Trinajstić information content (AvgIpc) is 3.12. The Balaban J connectivity index is 1.59. The van der Waals surface area contributed by atoms with Gasteiger partial charge in [-0.15, -0.1) is 0 Å². The van der Waals surface area contributed by atoms with Crippen molar-refractivity contribution in [2.75, 3.05) is 16.8 Å². The highest BCUT2D eigenvalue weighted by Crippen LogP contribution is 2.29. The highest BCUT2D eigenvalue weighted by Gasteiger charge is 2.25. The quantitative estimate of drug-likeness (QED) is 0.753. The van der Waals surface area contributed by atoms with Gasteiger partial charge in [0.15, 0.2) is 0 Å². The average molecular weight is 343 g/mol. The molecule has 0 unspecified atom stereocenters. The molecule has 1 aliphatic heterocycles. The molecule has 0 fully saturated rings. The van der Waals surface area contributed by atoms with E-state index in [2.05, 4.69) is 29.4 Å². The Kier molecular flexibility index (Phi) is 4.40. The number of carbonyl (C=O) groups excluding carboxylic acids is 1. The first-order valence-corrected chi connectivity index (χ1v) is 8.96. The van der Waals surface area contributed by atoms with Crippen LogP contribution in [0, 0.1) is 0 Å². The van der Waals surface area contributed by atoms with Gasteiger partial charge in [-0.25, -0.2) is 0 Å². The van der Waals surface area contributed by atoms with Crippen LogP contribution in [0.4, 0.5) is 17.1 Å². The van der Waals surface area contributed by atoms with Gasteiger partial charge in [-0.05, 0) is 42.2 Å². The Hall–Kier alpha value is -3.14. The van der Waals surface area contributed by atoms with Crippen molar-refractivity contribution in [1.82, 2.24) is 4.98 Å². The van der Waals surface area contributed by atoms with Crippen molar-refractivity contribution in [2.24, 2.45) is 0 Å².